The van der Waals surface area contributed by atoms with Crippen LogP contribution in [0.15, 0.2) is 47.4 Å². The van der Waals surface area contributed by atoms with E-state index < -0.39 is 18.0 Å². The van der Waals surface area contributed by atoms with E-state index in [1.807, 2.05) is 25.1 Å². The van der Waals surface area contributed by atoms with E-state index in [9.17, 15) is 14.7 Å². The van der Waals surface area contributed by atoms with E-state index in [2.05, 4.69) is 24.1 Å². The highest BCUT2D eigenvalue weighted by Gasteiger charge is 2.34. The summed E-state index contributed by atoms with van der Waals surface area (Å²) in [5.41, 5.74) is 0.568. The lowest BCUT2D eigenvalue weighted by Crippen LogP contribution is -2.29. The smallest absolute Gasteiger partial charge is 0.351 e. The molecule has 0 saturated carbocycles. The van der Waals surface area contributed by atoms with Gasteiger partial charge in [0.15, 0.2) is 0 Å². The molecule has 0 aliphatic carbocycles. The number of rotatable bonds is 8. The van der Waals surface area contributed by atoms with Crippen molar-refractivity contribution in [2.75, 3.05) is 5.32 Å². The van der Waals surface area contributed by atoms with Crippen molar-refractivity contribution in [2.45, 2.75) is 64.9 Å². The third-order valence-electron chi connectivity index (χ3n) is 5.37. The number of carbonyl (C=O) groups excluding carboxylic acids is 1. The minimum atomic E-state index is -0.621. The van der Waals surface area contributed by atoms with E-state index in [4.69, 9.17) is 4.74 Å². The van der Waals surface area contributed by atoms with Crippen molar-refractivity contribution >= 4 is 17.8 Å². The lowest BCUT2D eigenvalue weighted by atomic mass is 10.1. The van der Waals surface area contributed by atoms with Gasteiger partial charge in [-0.15, -0.1) is 0 Å². The second-order valence-electron chi connectivity index (χ2n) is 8.27. The van der Waals surface area contributed by atoms with Crippen LogP contribution in [0.4, 0.5) is 5.82 Å². The van der Waals surface area contributed by atoms with Crippen LogP contribution in [0.1, 0.15) is 68.6 Å². The number of aliphatic hydroxyl groups is 1. The van der Waals surface area contributed by atoms with Crippen molar-refractivity contribution in [3.05, 3.63) is 64.2 Å². The first-order valence-corrected chi connectivity index (χ1v) is 10.9. The molecule has 0 spiro atoms. The van der Waals surface area contributed by atoms with E-state index in [1.54, 1.807) is 30.5 Å². The summed E-state index contributed by atoms with van der Waals surface area (Å²) in [6.07, 6.45) is 6.92. The maximum absolute atomic E-state index is 12.7. The quantitative estimate of drug-likeness (QED) is 0.667. The van der Waals surface area contributed by atoms with Crippen LogP contribution in [0.2, 0.25) is 0 Å². The van der Waals surface area contributed by atoms with Crippen molar-refractivity contribution in [3.8, 4) is 0 Å². The molecule has 1 fully saturated rings. The van der Waals surface area contributed by atoms with Gasteiger partial charge in [0.2, 0.25) is 0 Å². The molecule has 7 nitrogen and oxygen atoms in total. The maximum Gasteiger partial charge on any atom is 0.351 e. The van der Waals surface area contributed by atoms with E-state index in [0.29, 0.717) is 29.9 Å². The Morgan fingerprint density at radius 1 is 1.35 bits per heavy atom. The minimum Gasteiger partial charge on any atom is -0.390 e. The molecule has 31 heavy (non-hydrogen) atoms. The summed E-state index contributed by atoms with van der Waals surface area (Å²) in [4.78, 5) is 29.5. The van der Waals surface area contributed by atoms with Gasteiger partial charge in [-0.2, -0.15) is 4.98 Å². The van der Waals surface area contributed by atoms with Crippen molar-refractivity contribution in [3.63, 3.8) is 0 Å². The van der Waals surface area contributed by atoms with Crippen molar-refractivity contribution in [1.29, 1.82) is 0 Å². The number of benzene rings is 1. The number of nitrogens with one attached hydrogen (secondary N) is 1. The number of hydrogen-bond acceptors (Lipinski definition) is 5. The summed E-state index contributed by atoms with van der Waals surface area (Å²) in [6.45, 7) is 6.25. The summed E-state index contributed by atoms with van der Waals surface area (Å²) in [6, 6.07) is 8.79. The van der Waals surface area contributed by atoms with Crippen LogP contribution in [0, 0.1) is 5.92 Å². The Balaban J connectivity index is 1.90. The van der Waals surface area contributed by atoms with Gasteiger partial charge in [-0.25, -0.2) is 4.79 Å². The van der Waals surface area contributed by atoms with Gasteiger partial charge in [0.1, 0.15) is 12.0 Å². The Hall–Kier alpha value is -2.77. The zero-order valence-electron chi connectivity index (χ0n) is 18.3. The first kappa shape index (κ1) is 22.9. The molecule has 3 rings (SSSR count). The minimum absolute atomic E-state index is 0.210. The number of carbonyl (C=O) groups is 1. The number of aliphatic hydroxyl groups excluding tert-OH is 1. The normalized spacial score (nSPS) is 21.1. The zero-order valence-corrected chi connectivity index (χ0v) is 18.3. The fraction of sp³-hybridized carbons (Fsp3) is 0.458. The molecule has 1 amide bonds. The summed E-state index contributed by atoms with van der Waals surface area (Å²) in [7, 11) is 0. The number of allylic oxidation sites excluding steroid dienone is 1. The van der Waals surface area contributed by atoms with Gasteiger partial charge in [-0.05, 0) is 37.3 Å². The van der Waals surface area contributed by atoms with Crippen LogP contribution in [0.25, 0.3) is 6.08 Å². The van der Waals surface area contributed by atoms with Crippen LogP contribution in [-0.2, 0) is 4.74 Å². The van der Waals surface area contributed by atoms with Gasteiger partial charge in [-0.1, -0.05) is 51.1 Å². The molecule has 1 aliphatic heterocycles. The summed E-state index contributed by atoms with van der Waals surface area (Å²) in [5.74, 6) is 0.454. The number of anilines is 1. The predicted octanol–water partition coefficient (Wildman–Crippen LogP) is 4.00. The van der Waals surface area contributed by atoms with Crippen LogP contribution in [-0.4, -0.2) is 32.8 Å². The van der Waals surface area contributed by atoms with Crippen LogP contribution in [0.3, 0.4) is 0 Å². The first-order valence-electron chi connectivity index (χ1n) is 10.9. The topological polar surface area (TPSA) is 93.5 Å². The van der Waals surface area contributed by atoms with Gasteiger partial charge in [0.05, 0.1) is 12.2 Å². The highest BCUT2D eigenvalue weighted by atomic mass is 16.5. The van der Waals surface area contributed by atoms with E-state index in [1.165, 1.54) is 4.57 Å². The molecule has 3 atom stereocenters. The van der Waals surface area contributed by atoms with Gasteiger partial charge in [0, 0.05) is 23.7 Å². The third kappa shape index (κ3) is 5.89. The zero-order chi connectivity index (χ0) is 22.4. The monoisotopic (exact) mass is 425 g/mol. The summed E-state index contributed by atoms with van der Waals surface area (Å²) >= 11 is 0. The van der Waals surface area contributed by atoms with Crippen molar-refractivity contribution < 1.29 is 14.6 Å². The molecule has 2 N–H and O–H groups in total. The largest absolute Gasteiger partial charge is 0.390 e. The highest BCUT2D eigenvalue weighted by molar-refractivity contribution is 6.04. The van der Waals surface area contributed by atoms with E-state index in [-0.39, 0.29) is 17.8 Å². The number of nitrogens with zero attached hydrogens (tertiary/aromatic N) is 2. The summed E-state index contributed by atoms with van der Waals surface area (Å²) < 4.78 is 7.26. The number of hydrogen-bond donors (Lipinski definition) is 2. The Labute approximate surface area is 182 Å². The average Bonchev–Trinajstić information content (AvgIpc) is 3.13. The molecule has 1 unspecified atom stereocenters. The number of ether oxygens (including phenoxy) is 1. The molecular weight excluding hydrogens is 394 g/mol. The molecule has 1 aromatic carbocycles. The standard InChI is InChI=1S/C24H31N3O4/c1-4-20-19(28)14-21(31-20)27-15-18(13-9-8-10-16(2)3)22(26-24(27)30)25-23(29)17-11-6-5-7-12-17/h5-7,9,11-13,15-16,19-21,28H,4,8,10,14H2,1-3H3,(H,25,26,29,30)/b13-9+/t19?,20-,21-/m1/s1. The van der Waals surface area contributed by atoms with Gasteiger partial charge in [-0.3, -0.25) is 9.36 Å². The first-order chi connectivity index (χ1) is 14.9. The highest BCUT2D eigenvalue weighted by Crippen LogP contribution is 2.30. The fourth-order valence-electron chi connectivity index (χ4n) is 3.58. The SMILES string of the molecule is CC[C@H]1O[C@@H](n2cc(/C=C/CCC(C)C)c(NC(=O)c3ccccc3)nc2=O)CC1O. The Kier molecular flexibility index (Phi) is 7.76. The molecule has 166 valence electrons. The van der Waals surface area contributed by atoms with Crippen LogP contribution < -0.4 is 11.0 Å². The Bertz CT molecular complexity index is 969. The molecule has 1 aliphatic rings. The Morgan fingerprint density at radius 3 is 2.74 bits per heavy atom. The van der Waals surface area contributed by atoms with Crippen LogP contribution in [0.5, 0.6) is 0 Å². The second-order valence-corrected chi connectivity index (χ2v) is 8.27. The van der Waals surface area contributed by atoms with Gasteiger partial charge in [0.25, 0.3) is 5.91 Å². The second kappa shape index (κ2) is 10.5. The molecular formula is C24H31N3O4. The molecule has 1 saturated heterocycles. The lowest BCUT2D eigenvalue weighted by molar-refractivity contribution is -0.0217. The molecule has 0 bridgehead atoms. The molecule has 1 aromatic heterocycles. The maximum atomic E-state index is 12.7. The third-order valence-corrected chi connectivity index (χ3v) is 5.37. The fourth-order valence-corrected chi connectivity index (χ4v) is 3.58. The average molecular weight is 426 g/mol. The van der Waals surface area contributed by atoms with E-state index >= 15 is 0 Å². The Morgan fingerprint density at radius 2 is 2.10 bits per heavy atom. The van der Waals surface area contributed by atoms with E-state index in [0.717, 1.165) is 12.8 Å². The predicted molar refractivity (Wildman–Crippen MR) is 121 cm³/mol. The summed E-state index contributed by atoms with van der Waals surface area (Å²) in [5, 5.41) is 12.9. The molecule has 0 radical (unpaired) electrons. The number of aromatic nitrogens is 2. The van der Waals surface area contributed by atoms with Crippen LogP contribution >= 0.6 is 0 Å². The lowest BCUT2D eigenvalue weighted by Gasteiger charge is -2.17. The molecule has 7 heteroatoms. The van der Waals surface area contributed by atoms with Gasteiger partial charge < -0.3 is 15.2 Å². The van der Waals surface area contributed by atoms with Crippen molar-refractivity contribution in [2.24, 2.45) is 5.92 Å². The van der Waals surface area contributed by atoms with Crippen molar-refractivity contribution in [1.82, 2.24) is 9.55 Å². The molecule has 2 aromatic rings. The number of amides is 1. The van der Waals surface area contributed by atoms with Gasteiger partial charge >= 0.3 is 5.69 Å². The molecule has 2 heterocycles.